The van der Waals surface area contributed by atoms with Crippen molar-refractivity contribution in [3.8, 4) is 0 Å². The van der Waals surface area contributed by atoms with Gasteiger partial charge in [-0.15, -0.1) is 0 Å². The number of hydrogen-bond donors (Lipinski definition) is 1. The molecule has 1 saturated heterocycles. The van der Waals surface area contributed by atoms with Crippen LogP contribution in [-0.4, -0.2) is 39.7 Å². The molecule has 2 atom stereocenters. The first-order chi connectivity index (χ1) is 16.9. The molecule has 1 N–H and O–H groups in total. The summed E-state index contributed by atoms with van der Waals surface area (Å²) in [7, 11) is 0. The molecule has 36 heavy (non-hydrogen) atoms. The SMILES string of the molecule is CC1(NC(=O)c2ccc(C3=NOC(c4cc(Cl)cc(Cl)c4)(C(F)(F)F)C3Br)c3ccccc23)CSC1. The number of alkyl halides is 4. The van der Waals surface area contributed by atoms with Gasteiger partial charge in [0, 0.05) is 38.2 Å². The molecule has 11 heteroatoms. The van der Waals surface area contributed by atoms with Crippen LogP contribution >= 0.6 is 50.9 Å². The van der Waals surface area contributed by atoms with E-state index in [0.717, 1.165) is 11.5 Å². The maximum absolute atomic E-state index is 14.6. The molecule has 0 bridgehead atoms. The van der Waals surface area contributed by atoms with Gasteiger partial charge in [-0.1, -0.05) is 74.6 Å². The highest BCUT2D eigenvalue weighted by Crippen LogP contribution is 2.52. The first-order valence-corrected chi connectivity index (χ1v) is 13.6. The van der Waals surface area contributed by atoms with Crippen molar-refractivity contribution in [1.29, 1.82) is 0 Å². The highest BCUT2D eigenvalue weighted by molar-refractivity contribution is 9.10. The van der Waals surface area contributed by atoms with Crippen LogP contribution in [0.5, 0.6) is 0 Å². The second kappa shape index (κ2) is 9.11. The summed E-state index contributed by atoms with van der Waals surface area (Å²) >= 11 is 17.0. The number of fused-ring (bicyclic) bond motifs is 1. The minimum Gasteiger partial charge on any atom is -0.373 e. The number of nitrogens with one attached hydrogen (secondary N) is 1. The molecule has 1 amide bonds. The molecular weight excluding hydrogens is 600 g/mol. The van der Waals surface area contributed by atoms with E-state index in [1.165, 1.54) is 18.2 Å². The quantitative estimate of drug-likeness (QED) is 0.312. The first kappa shape index (κ1) is 25.7. The Hall–Kier alpha value is -1.94. The van der Waals surface area contributed by atoms with Gasteiger partial charge in [-0.05, 0) is 42.0 Å². The third kappa shape index (κ3) is 4.18. The zero-order valence-corrected chi connectivity index (χ0v) is 22.5. The van der Waals surface area contributed by atoms with Gasteiger partial charge in [-0.25, -0.2) is 0 Å². The highest BCUT2D eigenvalue weighted by atomic mass is 79.9. The summed E-state index contributed by atoms with van der Waals surface area (Å²) in [5, 5.41) is 8.23. The smallest absolute Gasteiger partial charge is 0.373 e. The van der Waals surface area contributed by atoms with Crippen molar-refractivity contribution in [3.63, 3.8) is 0 Å². The van der Waals surface area contributed by atoms with Gasteiger partial charge in [0.2, 0.25) is 0 Å². The number of oxime groups is 1. The van der Waals surface area contributed by atoms with Gasteiger partial charge in [0.15, 0.2) is 0 Å². The zero-order valence-electron chi connectivity index (χ0n) is 18.6. The number of nitrogens with zero attached hydrogens (tertiary/aromatic N) is 1. The van der Waals surface area contributed by atoms with E-state index in [4.69, 9.17) is 28.0 Å². The average Bonchev–Trinajstić information content (AvgIpc) is 3.14. The standard InChI is InChI=1S/C25H18BrCl2F3N2O2S/c1-23(11-36-12-23)32-22(34)19-7-6-18(16-4-2-3-5-17(16)19)20-21(26)24(35-33-20,25(29,30)31)13-8-14(27)10-15(28)9-13/h2-10,21H,11-12H2,1H3,(H,32,34). The Bertz CT molecular complexity index is 1390. The van der Waals surface area contributed by atoms with Gasteiger partial charge < -0.3 is 10.2 Å². The van der Waals surface area contributed by atoms with Gasteiger partial charge in [-0.3, -0.25) is 4.79 Å². The highest BCUT2D eigenvalue weighted by Gasteiger charge is 2.67. The first-order valence-electron chi connectivity index (χ1n) is 10.8. The van der Waals surface area contributed by atoms with E-state index in [1.54, 1.807) is 48.2 Å². The molecule has 0 aromatic heterocycles. The molecule has 3 aromatic carbocycles. The van der Waals surface area contributed by atoms with E-state index in [1.807, 2.05) is 6.92 Å². The second-order valence-electron chi connectivity index (χ2n) is 9.04. The Morgan fingerprint density at radius 1 is 1.11 bits per heavy atom. The molecule has 3 aromatic rings. The van der Waals surface area contributed by atoms with Crippen LogP contribution in [0.25, 0.3) is 10.8 Å². The Labute approximate surface area is 227 Å². The Kier molecular flexibility index (Phi) is 6.51. The van der Waals surface area contributed by atoms with E-state index in [2.05, 4.69) is 26.4 Å². The maximum Gasteiger partial charge on any atom is 0.436 e. The molecular formula is C25H18BrCl2F3N2O2S. The zero-order chi connectivity index (χ0) is 25.9. The van der Waals surface area contributed by atoms with Crippen molar-refractivity contribution in [2.24, 2.45) is 5.16 Å². The van der Waals surface area contributed by atoms with E-state index in [0.29, 0.717) is 21.9 Å². The number of carbonyl (C=O) groups excluding carboxylic acids is 1. The number of hydrogen-bond acceptors (Lipinski definition) is 4. The van der Waals surface area contributed by atoms with Crippen molar-refractivity contribution < 1.29 is 22.8 Å². The molecule has 0 saturated carbocycles. The van der Waals surface area contributed by atoms with Crippen LogP contribution < -0.4 is 5.32 Å². The molecule has 2 unspecified atom stereocenters. The number of rotatable bonds is 4. The molecule has 1 fully saturated rings. The van der Waals surface area contributed by atoms with E-state index in [-0.39, 0.29) is 32.8 Å². The molecule has 2 aliphatic rings. The monoisotopic (exact) mass is 616 g/mol. The predicted octanol–water partition coefficient (Wildman–Crippen LogP) is 7.34. The number of thioether (sulfide) groups is 1. The normalized spacial score (nSPS) is 23.1. The summed E-state index contributed by atoms with van der Waals surface area (Å²) in [5.74, 6) is 1.40. The van der Waals surface area contributed by atoms with Crippen LogP contribution in [0.3, 0.4) is 0 Å². The van der Waals surface area contributed by atoms with Gasteiger partial charge in [0.05, 0.1) is 5.54 Å². The minimum atomic E-state index is -4.87. The van der Waals surface area contributed by atoms with Gasteiger partial charge in [0.1, 0.15) is 10.5 Å². The molecule has 0 spiro atoms. The van der Waals surface area contributed by atoms with Crippen LogP contribution in [-0.2, 0) is 10.4 Å². The minimum absolute atomic E-state index is 0.0361. The molecule has 188 valence electrons. The van der Waals surface area contributed by atoms with Crippen molar-refractivity contribution in [2.75, 3.05) is 11.5 Å². The fraction of sp³-hybridized carbons (Fsp3) is 0.280. The Balaban J connectivity index is 1.59. The average molecular weight is 618 g/mol. The Morgan fingerprint density at radius 2 is 1.75 bits per heavy atom. The van der Waals surface area contributed by atoms with Crippen molar-refractivity contribution in [3.05, 3.63) is 81.3 Å². The molecule has 2 aliphatic heterocycles. The summed E-state index contributed by atoms with van der Waals surface area (Å²) in [6.45, 7) is 1.98. The van der Waals surface area contributed by atoms with Crippen LogP contribution in [0.4, 0.5) is 13.2 Å². The topological polar surface area (TPSA) is 50.7 Å². The number of amides is 1. The third-order valence-corrected chi connectivity index (χ3v) is 9.50. The number of halogens is 6. The van der Waals surface area contributed by atoms with Crippen molar-refractivity contribution >= 4 is 73.3 Å². The fourth-order valence-corrected chi connectivity index (χ4v) is 6.89. The van der Waals surface area contributed by atoms with Gasteiger partial charge >= 0.3 is 6.18 Å². The van der Waals surface area contributed by atoms with E-state index >= 15 is 0 Å². The summed E-state index contributed by atoms with van der Waals surface area (Å²) in [6.07, 6.45) is -4.87. The van der Waals surface area contributed by atoms with Crippen molar-refractivity contribution in [1.82, 2.24) is 5.32 Å². The van der Waals surface area contributed by atoms with Crippen LogP contribution in [0.1, 0.15) is 28.4 Å². The molecule has 5 rings (SSSR count). The lowest BCUT2D eigenvalue weighted by Crippen LogP contribution is -2.55. The number of carbonyl (C=O) groups is 1. The summed E-state index contributed by atoms with van der Waals surface area (Å²) in [4.78, 5) is 16.9. The molecule has 2 heterocycles. The predicted molar refractivity (Wildman–Crippen MR) is 142 cm³/mol. The lowest BCUT2D eigenvalue weighted by atomic mass is 9.85. The lowest BCUT2D eigenvalue weighted by Gasteiger charge is -2.38. The number of benzene rings is 3. The summed E-state index contributed by atoms with van der Waals surface area (Å²) < 4.78 is 43.8. The van der Waals surface area contributed by atoms with Crippen LogP contribution in [0, 0.1) is 0 Å². The summed E-state index contributed by atoms with van der Waals surface area (Å²) in [5.41, 5.74) is -2.54. The van der Waals surface area contributed by atoms with Crippen molar-refractivity contribution in [2.45, 2.75) is 29.1 Å². The lowest BCUT2D eigenvalue weighted by molar-refractivity contribution is -0.273. The van der Waals surface area contributed by atoms with Gasteiger partial charge in [0.25, 0.3) is 11.5 Å². The van der Waals surface area contributed by atoms with Gasteiger partial charge in [-0.2, -0.15) is 24.9 Å². The second-order valence-corrected chi connectivity index (χ2v) is 11.8. The third-order valence-electron chi connectivity index (χ3n) is 6.30. The molecule has 4 nitrogen and oxygen atoms in total. The van der Waals surface area contributed by atoms with Crippen LogP contribution in [0.15, 0.2) is 59.8 Å². The Morgan fingerprint density at radius 3 is 2.33 bits per heavy atom. The van der Waals surface area contributed by atoms with E-state index in [9.17, 15) is 18.0 Å². The van der Waals surface area contributed by atoms with Crippen LogP contribution in [0.2, 0.25) is 10.0 Å². The largest absolute Gasteiger partial charge is 0.436 e. The maximum atomic E-state index is 14.6. The summed E-state index contributed by atoms with van der Waals surface area (Å²) in [6, 6.07) is 13.9. The molecule has 0 radical (unpaired) electrons. The molecule has 0 aliphatic carbocycles. The van der Waals surface area contributed by atoms with E-state index < -0.39 is 16.6 Å². The fourth-order valence-electron chi connectivity index (χ4n) is 4.46.